The van der Waals surface area contributed by atoms with E-state index in [1.807, 2.05) is 31.2 Å². The third kappa shape index (κ3) is 2.95. The van der Waals surface area contributed by atoms with Crippen LogP contribution >= 0.6 is 15.9 Å². The number of hydrogen-bond acceptors (Lipinski definition) is 3. The van der Waals surface area contributed by atoms with Gasteiger partial charge in [0.2, 0.25) is 0 Å². The van der Waals surface area contributed by atoms with E-state index in [4.69, 9.17) is 0 Å². The van der Waals surface area contributed by atoms with Crippen LogP contribution in [0.3, 0.4) is 0 Å². The highest BCUT2D eigenvalue weighted by atomic mass is 79.9. The number of aryl methyl sites for hydroxylation is 1. The molecule has 0 saturated heterocycles. The van der Waals surface area contributed by atoms with Crippen LogP contribution in [0.2, 0.25) is 0 Å². The summed E-state index contributed by atoms with van der Waals surface area (Å²) in [7, 11) is 0. The number of rotatable bonds is 4. The van der Waals surface area contributed by atoms with Crippen molar-refractivity contribution in [2.24, 2.45) is 0 Å². The molecule has 0 spiro atoms. The number of nitrogens with zero attached hydrogens (tertiary/aromatic N) is 2. The number of nitrogens with one attached hydrogen (secondary N) is 1. The van der Waals surface area contributed by atoms with Crippen molar-refractivity contribution >= 4 is 21.7 Å². The van der Waals surface area contributed by atoms with Gasteiger partial charge in [-0.1, -0.05) is 41.1 Å². The minimum atomic E-state index is 0.762. The molecular formula is C15H18BrN3. The lowest BCUT2D eigenvalue weighted by Crippen LogP contribution is -2.08. The molecule has 0 aliphatic heterocycles. The predicted octanol–water partition coefficient (Wildman–Crippen LogP) is 4.21. The van der Waals surface area contributed by atoms with Crippen LogP contribution in [-0.4, -0.2) is 16.5 Å². The molecule has 2 rings (SSSR count). The molecule has 0 bridgehead atoms. The van der Waals surface area contributed by atoms with E-state index in [0.29, 0.717) is 0 Å². The molecule has 4 heteroatoms. The van der Waals surface area contributed by atoms with Crippen molar-refractivity contribution in [2.75, 3.05) is 11.9 Å². The summed E-state index contributed by atoms with van der Waals surface area (Å²) in [4.78, 5) is 9.31. The molecule has 0 amide bonds. The van der Waals surface area contributed by atoms with E-state index in [-0.39, 0.29) is 0 Å². The van der Waals surface area contributed by atoms with Gasteiger partial charge in [-0.15, -0.1) is 0 Å². The van der Waals surface area contributed by atoms with E-state index in [0.717, 1.165) is 40.3 Å². The molecule has 0 aliphatic rings. The number of aromatic nitrogens is 2. The van der Waals surface area contributed by atoms with Gasteiger partial charge in [-0.2, -0.15) is 0 Å². The quantitative estimate of drug-likeness (QED) is 0.917. The summed E-state index contributed by atoms with van der Waals surface area (Å²) in [6.45, 7) is 7.11. The maximum absolute atomic E-state index is 4.67. The average Bonchev–Trinajstić information content (AvgIpc) is 2.39. The fourth-order valence-corrected chi connectivity index (χ4v) is 2.56. The zero-order valence-electron chi connectivity index (χ0n) is 11.5. The second kappa shape index (κ2) is 6.15. The van der Waals surface area contributed by atoms with E-state index < -0.39 is 0 Å². The van der Waals surface area contributed by atoms with Crippen molar-refractivity contribution in [3.05, 3.63) is 40.0 Å². The molecule has 1 heterocycles. The third-order valence-corrected chi connectivity index (χ3v) is 3.72. The maximum atomic E-state index is 4.67. The molecule has 2 aromatic rings. The molecule has 1 aromatic heterocycles. The second-order valence-corrected chi connectivity index (χ2v) is 5.18. The summed E-state index contributed by atoms with van der Waals surface area (Å²) in [5.41, 5.74) is 3.25. The minimum absolute atomic E-state index is 0.762. The van der Waals surface area contributed by atoms with E-state index in [1.54, 1.807) is 0 Å². The van der Waals surface area contributed by atoms with E-state index in [1.165, 1.54) is 5.56 Å². The van der Waals surface area contributed by atoms with Gasteiger partial charge in [0.25, 0.3) is 0 Å². The summed E-state index contributed by atoms with van der Waals surface area (Å²) >= 11 is 3.56. The molecule has 0 unspecified atom stereocenters. The Balaban J connectivity index is 2.57. The molecule has 3 nitrogen and oxygen atoms in total. The lowest BCUT2D eigenvalue weighted by molar-refractivity contribution is 0.989. The van der Waals surface area contributed by atoms with Crippen molar-refractivity contribution in [3.8, 4) is 11.4 Å². The molecule has 0 atom stereocenters. The van der Waals surface area contributed by atoms with Crippen molar-refractivity contribution in [2.45, 2.75) is 27.2 Å². The predicted molar refractivity (Wildman–Crippen MR) is 83.4 cm³/mol. The topological polar surface area (TPSA) is 37.8 Å². The summed E-state index contributed by atoms with van der Waals surface area (Å²) in [5.74, 6) is 1.71. The van der Waals surface area contributed by atoms with Crippen molar-refractivity contribution < 1.29 is 0 Å². The first-order chi connectivity index (χ1) is 9.17. The summed E-state index contributed by atoms with van der Waals surface area (Å²) in [6.07, 6.45) is 0.935. The minimum Gasteiger partial charge on any atom is -0.370 e. The molecule has 19 heavy (non-hydrogen) atoms. The van der Waals surface area contributed by atoms with Crippen LogP contribution < -0.4 is 5.32 Å². The Labute approximate surface area is 122 Å². The van der Waals surface area contributed by atoms with Gasteiger partial charge in [0.15, 0.2) is 5.82 Å². The van der Waals surface area contributed by atoms with E-state index in [9.17, 15) is 0 Å². The van der Waals surface area contributed by atoms with Gasteiger partial charge in [0, 0.05) is 27.8 Å². The van der Waals surface area contributed by atoms with Crippen LogP contribution in [0.15, 0.2) is 28.7 Å². The van der Waals surface area contributed by atoms with Crippen LogP contribution in [0.25, 0.3) is 11.4 Å². The van der Waals surface area contributed by atoms with Gasteiger partial charge in [0.1, 0.15) is 5.82 Å². The van der Waals surface area contributed by atoms with Gasteiger partial charge in [-0.3, -0.25) is 0 Å². The van der Waals surface area contributed by atoms with Crippen LogP contribution in [0.1, 0.15) is 25.1 Å². The molecule has 1 N–H and O–H groups in total. The van der Waals surface area contributed by atoms with Gasteiger partial charge in [-0.25, -0.2) is 9.97 Å². The molecule has 0 aliphatic carbocycles. The Morgan fingerprint density at radius 1 is 1.16 bits per heavy atom. The highest BCUT2D eigenvalue weighted by Gasteiger charge is 2.12. The average molecular weight is 320 g/mol. The molecular weight excluding hydrogens is 302 g/mol. The Kier molecular flexibility index (Phi) is 4.53. The SMILES string of the molecule is CCNc1nc(-c2ccccc2Br)nc(C)c1CC. The lowest BCUT2D eigenvalue weighted by atomic mass is 10.1. The third-order valence-electron chi connectivity index (χ3n) is 3.03. The van der Waals surface area contributed by atoms with Gasteiger partial charge in [-0.05, 0) is 26.3 Å². The Hall–Kier alpha value is -1.42. The number of hydrogen-bond donors (Lipinski definition) is 1. The summed E-state index contributed by atoms with van der Waals surface area (Å²) < 4.78 is 1.01. The van der Waals surface area contributed by atoms with Gasteiger partial charge < -0.3 is 5.32 Å². The van der Waals surface area contributed by atoms with Gasteiger partial charge >= 0.3 is 0 Å². The fraction of sp³-hybridized carbons (Fsp3) is 0.333. The Bertz CT molecular complexity index is 582. The smallest absolute Gasteiger partial charge is 0.162 e. The molecule has 0 saturated carbocycles. The fourth-order valence-electron chi connectivity index (χ4n) is 2.10. The van der Waals surface area contributed by atoms with E-state index in [2.05, 4.69) is 45.1 Å². The van der Waals surface area contributed by atoms with Crippen LogP contribution in [-0.2, 0) is 6.42 Å². The molecule has 0 fully saturated rings. The second-order valence-electron chi connectivity index (χ2n) is 4.32. The zero-order valence-corrected chi connectivity index (χ0v) is 13.1. The normalized spacial score (nSPS) is 10.5. The number of benzene rings is 1. The Morgan fingerprint density at radius 3 is 2.53 bits per heavy atom. The van der Waals surface area contributed by atoms with Crippen LogP contribution in [0, 0.1) is 6.92 Å². The lowest BCUT2D eigenvalue weighted by Gasteiger charge is -2.13. The molecule has 100 valence electrons. The number of anilines is 1. The first kappa shape index (κ1) is 14.0. The Morgan fingerprint density at radius 2 is 1.89 bits per heavy atom. The van der Waals surface area contributed by atoms with Crippen molar-refractivity contribution in [3.63, 3.8) is 0 Å². The van der Waals surface area contributed by atoms with Crippen molar-refractivity contribution in [1.29, 1.82) is 0 Å². The summed E-state index contributed by atoms with van der Waals surface area (Å²) in [6, 6.07) is 8.03. The largest absolute Gasteiger partial charge is 0.370 e. The van der Waals surface area contributed by atoms with E-state index >= 15 is 0 Å². The van der Waals surface area contributed by atoms with Crippen LogP contribution in [0.5, 0.6) is 0 Å². The summed E-state index contributed by atoms with van der Waals surface area (Å²) in [5, 5.41) is 3.33. The first-order valence-electron chi connectivity index (χ1n) is 6.53. The highest BCUT2D eigenvalue weighted by molar-refractivity contribution is 9.10. The first-order valence-corrected chi connectivity index (χ1v) is 7.33. The highest BCUT2D eigenvalue weighted by Crippen LogP contribution is 2.28. The maximum Gasteiger partial charge on any atom is 0.162 e. The van der Waals surface area contributed by atoms with Crippen molar-refractivity contribution in [1.82, 2.24) is 9.97 Å². The van der Waals surface area contributed by atoms with Gasteiger partial charge in [0.05, 0.1) is 0 Å². The molecule has 1 aromatic carbocycles. The molecule has 0 radical (unpaired) electrons. The zero-order chi connectivity index (χ0) is 13.8. The van der Waals surface area contributed by atoms with Crippen LogP contribution in [0.4, 0.5) is 5.82 Å². The standard InChI is InChI=1S/C15H18BrN3/c1-4-11-10(3)18-15(19-14(11)17-5-2)12-8-6-7-9-13(12)16/h6-9H,4-5H2,1-3H3,(H,17,18,19). The number of halogens is 1. The monoisotopic (exact) mass is 319 g/mol.